The van der Waals surface area contributed by atoms with Gasteiger partial charge in [0, 0.05) is 32.8 Å². The third kappa shape index (κ3) is 5.06. The van der Waals surface area contributed by atoms with E-state index in [1.165, 1.54) is 6.07 Å². The van der Waals surface area contributed by atoms with E-state index in [2.05, 4.69) is 17.1 Å². The van der Waals surface area contributed by atoms with Gasteiger partial charge in [0.15, 0.2) is 0 Å². The number of hydrogen-bond acceptors (Lipinski definition) is 3. The summed E-state index contributed by atoms with van der Waals surface area (Å²) in [6, 6.07) is 7.18. The Labute approximate surface area is 127 Å². The molecule has 0 bridgehead atoms. The largest absolute Gasteiger partial charge is 0.380 e. The van der Waals surface area contributed by atoms with Crippen molar-refractivity contribution in [1.29, 1.82) is 0 Å². The number of nitrogens with one attached hydrogen (secondary N) is 1. The van der Waals surface area contributed by atoms with Gasteiger partial charge in [-0.1, -0.05) is 19.1 Å². The highest BCUT2D eigenvalue weighted by molar-refractivity contribution is 5.20. The topological polar surface area (TPSA) is 24.5 Å². The van der Waals surface area contributed by atoms with Crippen molar-refractivity contribution < 1.29 is 9.13 Å². The molecular formula is C17H27FN2O. The van der Waals surface area contributed by atoms with E-state index in [-0.39, 0.29) is 11.9 Å². The van der Waals surface area contributed by atoms with Gasteiger partial charge >= 0.3 is 0 Å². The van der Waals surface area contributed by atoms with Crippen molar-refractivity contribution >= 4 is 0 Å². The average molecular weight is 294 g/mol. The number of methoxy groups -OCH3 is 1. The lowest BCUT2D eigenvalue weighted by Gasteiger charge is -2.23. The molecule has 1 aromatic rings. The summed E-state index contributed by atoms with van der Waals surface area (Å²) in [4.78, 5) is 2.44. The first-order valence-corrected chi connectivity index (χ1v) is 7.97. The molecule has 4 heteroatoms. The first-order valence-electron chi connectivity index (χ1n) is 7.97. The van der Waals surface area contributed by atoms with Crippen molar-refractivity contribution in [2.45, 2.75) is 38.3 Å². The van der Waals surface area contributed by atoms with Crippen LogP contribution in [0.3, 0.4) is 0 Å². The van der Waals surface area contributed by atoms with E-state index in [4.69, 9.17) is 4.74 Å². The summed E-state index contributed by atoms with van der Waals surface area (Å²) < 4.78 is 18.8. The summed E-state index contributed by atoms with van der Waals surface area (Å²) in [5.41, 5.74) is 1.05. The smallest absolute Gasteiger partial charge is 0.123 e. The van der Waals surface area contributed by atoms with Crippen molar-refractivity contribution in [3.63, 3.8) is 0 Å². The molecule has 0 spiro atoms. The molecule has 1 fully saturated rings. The van der Waals surface area contributed by atoms with Crippen LogP contribution in [0, 0.1) is 5.82 Å². The molecule has 1 heterocycles. The third-order valence-corrected chi connectivity index (χ3v) is 4.19. The summed E-state index contributed by atoms with van der Waals surface area (Å²) in [5.74, 6) is -0.156. The third-order valence-electron chi connectivity index (χ3n) is 4.19. The maximum atomic E-state index is 13.4. The van der Waals surface area contributed by atoms with Gasteiger partial charge in [-0.05, 0) is 43.5 Å². The average Bonchev–Trinajstić information content (AvgIpc) is 2.95. The number of benzene rings is 1. The van der Waals surface area contributed by atoms with Crippen LogP contribution in [0.1, 0.15) is 37.8 Å². The minimum Gasteiger partial charge on any atom is -0.380 e. The summed E-state index contributed by atoms with van der Waals surface area (Å²) in [7, 11) is 1.78. The summed E-state index contributed by atoms with van der Waals surface area (Å²) in [5, 5.41) is 3.54. The van der Waals surface area contributed by atoms with Gasteiger partial charge in [-0.15, -0.1) is 0 Å². The predicted octanol–water partition coefficient (Wildman–Crippen LogP) is 2.98. The lowest BCUT2D eigenvalue weighted by Crippen LogP contribution is -2.29. The molecule has 1 aliphatic heterocycles. The Morgan fingerprint density at radius 1 is 1.48 bits per heavy atom. The van der Waals surface area contributed by atoms with Crippen molar-refractivity contribution in [3.05, 3.63) is 35.6 Å². The van der Waals surface area contributed by atoms with Crippen LogP contribution < -0.4 is 5.32 Å². The standard InChI is InChI=1S/C17H27FN2O/c1-3-9-19-17(14-5-4-6-15(18)12-14)8-11-20-10-7-16(13-20)21-2/h4-6,12,16-17,19H,3,7-11,13H2,1-2H3. The Morgan fingerprint density at radius 3 is 3.00 bits per heavy atom. The molecule has 0 aliphatic carbocycles. The quantitative estimate of drug-likeness (QED) is 0.798. The van der Waals surface area contributed by atoms with Gasteiger partial charge in [-0.2, -0.15) is 0 Å². The molecule has 2 atom stereocenters. The normalized spacial score (nSPS) is 20.8. The molecule has 2 rings (SSSR count). The fraction of sp³-hybridized carbons (Fsp3) is 0.647. The molecule has 3 nitrogen and oxygen atoms in total. The van der Waals surface area contributed by atoms with Crippen molar-refractivity contribution in [2.75, 3.05) is 33.3 Å². The SMILES string of the molecule is CCCNC(CCN1CCC(OC)C1)c1cccc(F)c1. The Balaban J connectivity index is 1.90. The van der Waals surface area contributed by atoms with E-state index in [9.17, 15) is 4.39 Å². The van der Waals surface area contributed by atoms with Crippen LogP contribution in [-0.4, -0.2) is 44.3 Å². The molecular weight excluding hydrogens is 267 g/mol. The van der Waals surface area contributed by atoms with Gasteiger partial charge in [0.05, 0.1) is 6.10 Å². The number of likely N-dealkylation sites (tertiary alicyclic amines) is 1. The highest BCUT2D eigenvalue weighted by Crippen LogP contribution is 2.20. The number of hydrogen-bond donors (Lipinski definition) is 1. The van der Waals surface area contributed by atoms with Crippen LogP contribution in [-0.2, 0) is 4.74 Å². The molecule has 1 aliphatic rings. The van der Waals surface area contributed by atoms with E-state index < -0.39 is 0 Å². The molecule has 1 saturated heterocycles. The molecule has 1 aromatic carbocycles. The molecule has 118 valence electrons. The first kappa shape index (κ1) is 16.4. The van der Waals surface area contributed by atoms with Crippen LogP contribution in [0.15, 0.2) is 24.3 Å². The monoisotopic (exact) mass is 294 g/mol. The van der Waals surface area contributed by atoms with Gasteiger partial charge in [0.1, 0.15) is 5.82 Å². The fourth-order valence-electron chi connectivity index (χ4n) is 2.93. The lowest BCUT2D eigenvalue weighted by atomic mass is 10.0. The summed E-state index contributed by atoms with van der Waals surface area (Å²) in [6.07, 6.45) is 3.58. The van der Waals surface area contributed by atoms with Crippen molar-refractivity contribution in [2.24, 2.45) is 0 Å². The number of ether oxygens (including phenoxy) is 1. The van der Waals surface area contributed by atoms with E-state index >= 15 is 0 Å². The zero-order valence-corrected chi connectivity index (χ0v) is 13.1. The molecule has 1 N–H and O–H groups in total. The predicted molar refractivity (Wildman–Crippen MR) is 83.9 cm³/mol. The minimum absolute atomic E-state index is 0.156. The number of rotatable bonds is 8. The first-order chi connectivity index (χ1) is 10.2. The second-order valence-electron chi connectivity index (χ2n) is 5.80. The van der Waals surface area contributed by atoms with E-state index in [1.807, 2.05) is 6.07 Å². The summed E-state index contributed by atoms with van der Waals surface area (Å²) >= 11 is 0. The van der Waals surface area contributed by atoms with Crippen LogP contribution >= 0.6 is 0 Å². The lowest BCUT2D eigenvalue weighted by molar-refractivity contribution is 0.107. The fourth-order valence-corrected chi connectivity index (χ4v) is 2.93. The molecule has 0 aromatic heterocycles. The van der Waals surface area contributed by atoms with E-state index in [0.29, 0.717) is 6.10 Å². The van der Waals surface area contributed by atoms with Crippen LogP contribution in [0.5, 0.6) is 0 Å². The Hall–Kier alpha value is -0.970. The Morgan fingerprint density at radius 2 is 2.33 bits per heavy atom. The number of nitrogens with zero attached hydrogens (tertiary/aromatic N) is 1. The molecule has 0 saturated carbocycles. The molecule has 0 amide bonds. The maximum absolute atomic E-state index is 13.4. The van der Waals surface area contributed by atoms with E-state index in [0.717, 1.165) is 51.0 Å². The minimum atomic E-state index is -0.156. The van der Waals surface area contributed by atoms with Gasteiger partial charge in [0.25, 0.3) is 0 Å². The van der Waals surface area contributed by atoms with Crippen molar-refractivity contribution in [1.82, 2.24) is 10.2 Å². The zero-order valence-electron chi connectivity index (χ0n) is 13.1. The van der Waals surface area contributed by atoms with Crippen molar-refractivity contribution in [3.8, 4) is 0 Å². The highest BCUT2D eigenvalue weighted by atomic mass is 19.1. The van der Waals surface area contributed by atoms with Crippen LogP contribution in [0.4, 0.5) is 4.39 Å². The maximum Gasteiger partial charge on any atom is 0.123 e. The van der Waals surface area contributed by atoms with Gasteiger partial charge in [0.2, 0.25) is 0 Å². The second-order valence-corrected chi connectivity index (χ2v) is 5.80. The Kier molecular flexibility index (Phi) is 6.61. The zero-order chi connectivity index (χ0) is 15.1. The second kappa shape index (κ2) is 8.47. The Bertz CT molecular complexity index is 427. The summed E-state index contributed by atoms with van der Waals surface area (Å²) in [6.45, 7) is 6.25. The molecule has 0 radical (unpaired) electrons. The van der Waals surface area contributed by atoms with E-state index in [1.54, 1.807) is 19.2 Å². The number of halogens is 1. The van der Waals surface area contributed by atoms with Crippen LogP contribution in [0.2, 0.25) is 0 Å². The highest BCUT2D eigenvalue weighted by Gasteiger charge is 2.22. The van der Waals surface area contributed by atoms with Crippen LogP contribution in [0.25, 0.3) is 0 Å². The van der Waals surface area contributed by atoms with Gasteiger partial charge in [-0.3, -0.25) is 0 Å². The molecule has 21 heavy (non-hydrogen) atoms. The van der Waals surface area contributed by atoms with Gasteiger partial charge in [-0.25, -0.2) is 4.39 Å². The van der Waals surface area contributed by atoms with Gasteiger partial charge < -0.3 is 15.0 Å². The molecule has 2 unspecified atom stereocenters.